The number of ether oxygens (including phenoxy) is 1. The lowest BCUT2D eigenvalue weighted by Gasteiger charge is -2.53. The van der Waals surface area contributed by atoms with Crippen molar-refractivity contribution in [3.8, 4) is 11.5 Å². The lowest BCUT2D eigenvalue weighted by molar-refractivity contribution is 0.478. The molecule has 102 heavy (non-hydrogen) atoms. The Morgan fingerprint density at radius 2 is 0.539 bits per heavy atom. The second-order valence-electron chi connectivity index (χ2n) is 28.5. The first kappa shape index (κ1) is 55.1. The van der Waals surface area contributed by atoms with E-state index in [9.17, 15) is 0 Å². The largest absolute Gasteiger partial charge is 0.453 e. The third kappa shape index (κ3) is 7.13. The highest BCUT2D eigenvalue weighted by atomic mass is 16.5. The van der Waals surface area contributed by atoms with Crippen molar-refractivity contribution in [1.82, 2.24) is 0 Å². The molecule has 0 spiro atoms. The van der Waals surface area contributed by atoms with Crippen molar-refractivity contribution < 1.29 is 4.74 Å². The highest BCUT2D eigenvalue weighted by Crippen LogP contribution is 2.57. The summed E-state index contributed by atoms with van der Waals surface area (Å²) in [6.07, 6.45) is 0. The van der Waals surface area contributed by atoms with E-state index in [0.29, 0.717) is 0 Å². The molecule has 0 aliphatic carbocycles. The van der Waals surface area contributed by atoms with Crippen LogP contribution in [0, 0.1) is 0 Å². The van der Waals surface area contributed by atoms with Gasteiger partial charge in [0.05, 0.1) is 11.4 Å². The Hall–Kier alpha value is -12.8. The van der Waals surface area contributed by atoms with Crippen LogP contribution in [0.4, 0.5) is 102 Å². The third-order valence-electron chi connectivity index (χ3n) is 23.6. The van der Waals surface area contributed by atoms with Gasteiger partial charge in [-0.3, -0.25) is 0 Å². The highest BCUT2D eigenvalue weighted by Gasteiger charge is 2.56. The van der Waals surface area contributed by atoms with Crippen molar-refractivity contribution in [1.29, 1.82) is 0 Å². The molecule has 9 aliphatic rings. The maximum atomic E-state index is 7.45. The molecule has 9 aliphatic heterocycles. The number of rotatable bonds is 6. The van der Waals surface area contributed by atoms with E-state index in [-0.39, 0.29) is 32.8 Å². The monoisotopic (exact) mass is 1290 g/mol. The first-order valence-electron chi connectivity index (χ1n) is 35.7. The molecule has 15 aromatic carbocycles. The van der Waals surface area contributed by atoms with Gasteiger partial charge in [-0.15, -0.1) is 0 Å². The molecular formula is C91H56B4N6O. The SMILES string of the molecule is c1ccc(C2c3ccccc3B3c4cc5c(cc4N(c4ccccc4)c4cccc2c43)B2c3cccc4c3N3c6c(cccc6B6c7cc8c(cc7N(c7ccccc7)c7cc(c2c3c76)N5c2ccccc2)B2c3ccccc3N(c3ccccc3)c3cccc(c32)N8c2ccccc2)O4)cc1. The molecule has 468 valence electrons. The number of hydrogen-bond donors (Lipinski definition) is 0. The molecule has 0 radical (unpaired) electrons. The minimum absolute atomic E-state index is 0.0511. The molecule has 0 saturated heterocycles. The topological polar surface area (TPSA) is 28.7 Å². The van der Waals surface area contributed by atoms with Crippen LogP contribution in [0.3, 0.4) is 0 Å². The number of anilines is 18. The van der Waals surface area contributed by atoms with Crippen LogP contribution >= 0.6 is 0 Å². The Morgan fingerprint density at radius 3 is 1.02 bits per heavy atom. The minimum atomic E-state index is -0.221. The van der Waals surface area contributed by atoms with Gasteiger partial charge < -0.3 is 34.1 Å². The summed E-state index contributed by atoms with van der Waals surface area (Å²) in [5.41, 5.74) is 40.2. The van der Waals surface area contributed by atoms with Crippen molar-refractivity contribution in [2.24, 2.45) is 0 Å². The normalized spacial score (nSPS) is 15.2. The quantitative estimate of drug-likeness (QED) is 0.153. The average molecular weight is 1290 g/mol. The van der Waals surface area contributed by atoms with Gasteiger partial charge in [-0.1, -0.05) is 212 Å². The number of para-hydroxylation sites is 8. The Bertz CT molecular complexity index is 5780. The van der Waals surface area contributed by atoms with Gasteiger partial charge in [-0.2, -0.15) is 0 Å². The van der Waals surface area contributed by atoms with Crippen molar-refractivity contribution >= 4 is 195 Å². The second-order valence-corrected chi connectivity index (χ2v) is 28.5. The lowest BCUT2D eigenvalue weighted by Crippen LogP contribution is -2.70. The zero-order valence-electron chi connectivity index (χ0n) is 55.2. The maximum absolute atomic E-state index is 7.45. The molecular weight excluding hydrogens is 1240 g/mol. The summed E-state index contributed by atoms with van der Waals surface area (Å²) in [5, 5.41) is 0. The Labute approximate surface area is 593 Å². The molecule has 1 unspecified atom stereocenters. The van der Waals surface area contributed by atoms with Crippen LogP contribution in [-0.2, 0) is 0 Å². The molecule has 0 fully saturated rings. The molecule has 0 aromatic heterocycles. The lowest BCUT2D eigenvalue weighted by atomic mass is 9.27. The van der Waals surface area contributed by atoms with Gasteiger partial charge >= 0.3 is 0 Å². The van der Waals surface area contributed by atoms with Crippen molar-refractivity contribution in [2.45, 2.75) is 5.92 Å². The van der Waals surface area contributed by atoms with Crippen LogP contribution in [-0.4, -0.2) is 26.9 Å². The number of nitrogens with zero attached hydrogens (tertiary/aromatic N) is 6. The van der Waals surface area contributed by atoms with Gasteiger partial charge in [0.15, 0.2) is 11.5 Å². The molecule has 11 heteroatoms. The van der Waals surface area contributed by atoms with Crippen molar-refractivity contribution in [3.63, 3.8) is 0 Å². The highest BCUT2D eigenvalue weighted by molar-refractivity contribution is 7.06. The van der Waals surface area contributed by atoms with Crippen LogP contribution < -0.4 is 99.7 Å². The van der Waals surface area contributed by atoms with Crippen LogP contribution in [0.1, 0.15) is 22.6 Å². The fourth-order valence-electron chi connectivity index (χ4n) is 20.0. The molecule has 0 bridgehead atoms. The summed E-state index contributed by atoms with van der Waals surface area (Å²) in [6, 6.07) is 126. The van der Waals surface area contributed by atoms with E-state index >= 15 is 0 Å². The molecule has 1 atom stereocenters. The van der Waals surface area contributed by atoms with Gasteiger partial charge in [0.1, 0.15) is 0 Å². The third-order valence-corrected chi connectivity index (χ3v) is 23.6. The van der Waals surface area contributed by atoms with E-state index in [1.807, 2.05) is 0 Å². The fraction of sp³-hybridized carbons (Fsp3) is 0.0110. The molecule has 9 heterocycles. The van der Waals surface area contributed by atoms with E-state index in [0.717, 1.165) is 68.4 Å². The summed E-state index contributed by atoms with van der Waals surface area (Å²) in [7, 11) is 0. The Morgan fingerprint density at radius 1 is 0.206 bits per heavy atom. The van der Waals surface area contributed by atoms with Crippen molar-refractivity contribution in [3.05, 3.63) is 350 Å². The summed E-state index contributed by atoms with van der Waals surface area (Å²) < 4.78 is 7.45. The van der Waals surface area contributed by atoms with Gasteiger partial charge in [0, 0.05) is 96.9 Å². The van der Waals surface area contributed by atoms with Crippen LogP contribution in [0.15, 0.2) is 334 Å². The number of fused-ring (bicyclic) bond motifs is 14. The fourth-order valence-corrected chi connectivity index (χ4v) is 20.0. The van der Waals surface area contributed by atoms with E-state index in [2.05, 4.69) is 363 Å². The molecule has 24 rings (SSSR count). The first-order chi connectivity index (χ1) is 50.7. The van der Waals surface area contributed by atoms with Gasteiger partial charge in [0.25, 0.3) is 20.1 Å². The summed E-state index contributed by atoms with van der Waals surface area (Å²) >= 11 is 0. The molecule has 7 nitrogen and oxygen atoms in total. The predicted octanol–water partition coefficient (Wildman–Crippen LogP) is 14.4. The molecule has 0 saturated carbocycles. The van der Waals surface area contributed by atoms with Gasteiger partial charge in [0.2, 0.25) is 6.71 Å². The Kier molecular flexibility index (Phi) is 11.0. The van der Waals surface area contributed by atoms with Gasteiger partial charge in [-0.05, 0) is 204 Å². The summed E-state index contributed by atoms with van der Waals surface area (Å²) in [5.74, 6) is 1.78. The summed E-state index contributed by atoms with van der Waals surface area (Å²) in [4.78, 5) is 15.6. The van der Waals surface area contributed by atoms with E-state index in [4.69, 9.17) is 4.74 Å². The maximum Gasteiger partial charge on any atom is 0.252 e. The minimum Gasteiger partial charge on any atom is -0.453 e. The first-order valence-corrected chi connectivity index (χ1v) is 35.7. The van der Waals surface area contributed by atoms with E-state index in [1.54, 1.807) is 0 Å². The smallest absolute Gasteiger partial charge is 0.252 e. The van der Waals surface area contributed by atoms with E-state index < -0.39 is 0 Å². The molecule has 15 aromatic rings. The Balaban J connectivity index is 0.812. The average Bonchev–Trinajstić information content (AvgIpc) is 0.659. The van der Waals surface area contributed by atoms with Crippen LogP contribution in [0.2, 0.25) is 0 Å². The molecule has 0 amide bonds. The zero-order chi connectivity index (χ0) is 66.2. The van der Waals surface area contributed by atoms with E-state index in [1.165, 1.54) is 128 Å². The van der Waals surface area contributed by atoms with Crippen LogP contribution in [0.5, 0.6) is 11.5 Å². The van der Waals surface area contributed by atoms with Gasteiger partial charge in [-0.25, -0.2) is 0 Å². The second kappa shape index (κ2) is 20.4. The zero-order valence-corrected chi connectivity index (χ0v) is 55.2. The number of benzene rings is 15. The molecule has 0 N–H and O–H groups in total. The van der Waals surface area contributed by atoms with Crippen LogP contribution in [0.25, 0.3) is 0 Å². The van der Waals surface area contributed by atoms with Crippen molar-refractivity contribution in [2.75, 3.05) is 29.4 Å². The number of hydrogen-bond acceptors (Lipinski definition) is 7. The predicted molar refractivity (Wildman–Crippen MR) is 427 cm³/mol. The summed E-state index contributed by atoms with van der Waals surface area (Å²) in [6.45, 7) is -0.614. The standard InChI is InChI=1S/C91H56B4N6O/c1-7-27-56(28-8-1)84-62-39-19-20-41-64(62)92-68-51-78-70(53-76(68)97(58-31-11-3-12-32-58)73-46-23-40-63(84)85(73)92)94-66-43-24-49-82-89(66)101-90-67(44-25-50-83(90)102-82)95-71-54-77-69(52-79(71)100(61-37-17-6-18-38-61)81-55-80(87(94)91(101)88(81)95)99(78)60-35-15-5-16-36-60)93-65-42-21-22-45-72(65)96(57-29-9-2-10-30-57)74-47-26-48-75(86(74)93)98(77)59-33-13-4-14-34-59/h1-55,84H.